The van der Waals surface area contributed by atoms with Crippen LogP contribution in [0.15, 0.2) is 28.6 Å². The van der Waals surface area contributed by atoms with Crippen LogP contribution >= 0.6 is 23.1 Å². The van der Waals surface area contributed by atoms with E-state index in [9.17, 15) is 9.50 Å². The van der Waals surface area contributed by atoms with Crippen LogP contribution in [0.1, 0.15) is 32.1 Å². The van der Waals surface area contributed by atoms with Crippen LogP contribution in [0.25, 0.3) is 0 Å². The number of benzene rings is 1. The fourth-order valence-electron chi connectivity index (χ4n) is 2.55. The fraction of sp³-hybridized carbons (Fsp3) is 0.467. The molecule has 1 fully saturated rings. The lowest BCUT2D eigenvalue weighted by Crippen LogP contribution is -2.33. The van der Waals surface area contributed by atoms with Gasteiger partial charge in [0.1, 0.15) is 5.82 Å². The maximum absolute atomic E-state index is 13.6. The highest BCUT2D eigenvalue weighted by atomic mass is 32.2. The average molecular weight is 339 g/mol. The van der Waals surface area contributed by atoms with Crippen molar-refractivity contribution in [3.63, 3.8) is 0 Å². The van der Waals surface area contributed by atoms with Gasteiger partial charge in [-0.15, -0.1) is 10.2 Å². The monoisotopic (exact) mass is 339 g/mol. The molecule has 2 N–H and O–H groups in total. The van der Waals surface area contributed by atoms with Crippen molar-refractivity contribution in [1.82, 2.24) is 10.2 Å². The Morgan fingerprint density at radius 3 is 2.77 bits per heavy atom. The third-order valence-corrected chi connectivity index (χ3v) is 6.02. The molecule has 0 bridgehead atoms. The summed E-state index contributed by atoms with van der Waals surface area (Å²) in [5.74, 6) is 0.324. The summed E-state index contributed by atoms with van der Waals surface area (Å²) in [5.41, 5.74) is -0.186. The first-order chi connectivity index (χ1) is 10.6. The first kappa shape index (κ1) is 15.7. The molecule has 1 heterocycles. The number of nitrogens with zero attached hydrogens (tertiary/aromatic N) is 2. The number of aliphatic hydroxyl groups is 1. The summed E-state index contributed by atoms with van der Waals surface area (Å²) in [5, 5.41) is 22.1. The number of nitrogens with one attached hydrogen (secondary N) is 1. The van der Waals surface area contributed by atoms with Gasteiger partial charge >= 0.3 is 0 Å². The predicted molar refractivity (Wildman–Crippen MR) is 88.4 cm³/mol. The van der Waals surface area contributed by atoms with Crippen molar-refractivity contribution in [2.45, 2.75) is 42.0 Å². The molecule has 0 unspecified atom stereocenters. The summed E-state index contributed by atoms with van der Waals surface area (Å²) in [7, 11) is 0. The van der Waals surface area contributed by atoms with Gasteiger partial charge in [0.15, 0.2) is 4.34 Å². The molecule has 2 aromatic rings. The maximum atomic E-state index is 13.6. The fourth-order valence-corrected chi connectivity index (χ4v) is 4.47. The molecule has 0 aliphatic heterocycles. The van der Waals surface area contributed by atoms with Crippen molar-refractivity contribution in [3.05, 3.63) is 30.1 Å². The lowest BCUT2D eigenvalue weighted by Gasteiger charge is -2.31. The van der Waals surface area contributed by atoms with Crippen molar-refractivity contribution >= 4 is 33.9 Å². The molecule has 22 heavy (non-hydrogen) atoms. The highest BCUT2D eigenvalue weighted by Crippen LogP contribution is 2.35. The van der Waals surface area contributed by atoms with Gasteiger partial charge in [-0.25, -0.2) is 4.39 Å². The zero-order valence-electron chi connectivity index (χ0n) is 12.1. The summed E-state index contributed by atoms with van der Waals surface area (Å²) in [6.45, 7) is 0. The first-order valence-electron chi connectivity index (χ1n) is 7.35. The van der Waals surface area contributed by atoms with Crippen LogP contribution in [0, 0.1) is 5.82 Å². The van der Waals surface area contributed by atoms with E-state index in [1.807, 2.05) is 0 Å². The molecule has 1 aliphatic rings. The molecule has 7 heteroatoms. The minimum Gasteiger partial charge on any atom is -0.389 e. The van der Waals surface area contributed by atoms with Gasteiger partial charge in [0.2, 0.25) is 5.13 Å². The first-order valence-corrected chi connectivity index (χ1v) is 9.15. The molecule has 1 aromatic heterocycles. The molecule has 1 saturated carbocycles. The van der Waals surface area contributed by atoms with Crippen molar-refractivity contribution in [3.8, 4) is 0 Å². The SMILES string of the molecule is OC1(CSc2nnc(Nc3ccccc3F)s2)CCCCC1. The summed E-state index contributed by atoms with van der Waals surface area (Å²) in [4.78, 5) is 0. The standard InChI is InChI=1S/C15H18FN3OS2/c16-11-6-2-3-7-12(11)17-13-18-19-14(22-13)21-10-15(20)8-4-1-5-9-15/h2-3,6-7,20H,1,4-5,8-10H2,(H,17,18). The van der Waals surface area contributed by atoms with Crippen LogP contribution in [0.3, 0.4) is 0 Å². The average Bonchev–Trinajstić information content (AvgIpc) is 2.96. The number of thioether (sulfide) groups is 1. The largest absolute Gasteiger partial charge is 0.389 e. The number of rotatable bonds is 5. The number of halogens is 1. The quantitative estimate of drug-likeness (QED) is 0.799. The molecule has 4 nitrogen and oxygen atoms in total. The second-order valence-corrected chi connectivity index (χ2v) is 7.75. The molecular weight excluding hydrogens is 321 g/mol. The Morgan fingerprint density at radius 1 is 1.23 bits per heavy atom. The van der Waals surface area contributed by atoms with E-state index in [0.717, 1.165) is 30.0 Å². The van der Waals surface area contributed by atoms with E-state index in [-0.39, 0.29) is 5.82 Å². The van der Waals surface area contributed by atoms with Crippen molar-refractivity contribution in [2.24, 2.45) is 0 Å². The van der Waals surface area contributed by atoms with Gasteiger partial charge in [0.05, 0.1) is 11.3 Å². The topological polar surface area (TPSA) is 58.0 Å². The maximum Gasteiger partial charge on any atom is 0.210 e. The summed E-state index contributed by atoms with van der Waals surface area (Å²) >= 11 is 2.90. The van der Waals surface area contributed by atoms with Crippen molar-refractivity contribution in [1.29, 1.82) is 0 Å². The van der Waals surface area contributed by atoms with E-state index in [1.54, 1.807) is 18.2 Å². The Bertz CT molecular complexity index is 629. The Hall–Kier alpha value is -1.18. The smallest absolute Gasteiger partial charge is 0.210 e. The van der Waals surface area contributed by atoms with E-state index >= 15 is 0 Å². The molecule has 1 aliphatic carbocycles. The summed E-state index contributed by atoms with van der Waals surface area (Å²) < 4.78 is 14.4. The Kier molecular flexibility index (Phi) is 4.95. The van der Waals surface area contributed by atoms with E-state index in [0.29, 0.717) is 16.6 Å². The second kappa shape index (κ2) is 6.93. The molecule has 0 radical (unpaired) electrons. The molecule has 3 rings (SSSR count). The number of hydrogen-bond donors (Lipinski definition) is 2. The van der Waals surface area contributed by atoms with E-state index in [2.05, 4.69) is 15.5 Å². The third-order valence-electron chi connectivity index (χ3n) is 3.77. The Balaban J connectivity index is 1.58. The lowest BCUT2D eigenvalue weighted by atomic mass is 9.86. The van der Waals surface area contributed by atoms with Crippen LogP contribution in [0.2, 0.25) is 0 Å². The van der Waals surface area contributed by atoms with Gasteiger partial charge in [0, 0.05) is 5.75 Å². The molecule has 0 spiro atoms. The van der Waals surface area contributed by atoms with E-state index in [1.165, 1.54) is 35.6 Å². The summed E-state index contributed by atoms with van der Waals surface area (Å²) in [6.07, 6.45) is 5.11. The molecular formula is C15H18FN3OS2. The zero-order chi connectivity index (χ0) is 15.4. The van der Waals surface area contributed by atoms with Crippen molar-refractivity contribution in [2.75, 3.05) is 11.1 Å². The van der Waals surface area contributed by atoms with Gasteiger partial charge in [-0.3, -0.25) is 0 Å². The zero-order valence-corrected chi connectivity index (χ0v) is 13.7. The van der Waals surface area contributed by atoms with Gasteiger partial charge in [-0.2, -0.15) is 0 Å². The van der Waals surface area contributed by atoms with E-state index in [4.69, 9.17) is 0 Å². The number of hydrogen-bond acceptors (Lipinski definition) is 6. The molecule has 118 valence electrons. The second-order valence-electron chi connectivity index (χ2n) is 5.55. The Morgan fingerprint density at radius 2 is 2.00 bits per heavy atom. The normalized spacial score (nSPS) is 17.4. The van der Waals surface area contributed by atoms with Crippen LogP contribution in [0.4, 0.5) is 15.2 Å². The highest BCUT2D eigenvalue weighted by Gasteiger charge is 2.29. The number of anilines is 2. The van der Waals surface area contributed by atoms with Gasteiger partial charge in [0.25, 0.3) is 0 Å². The van der Waals surface area contributed by atoms with Crippen LogP contribution in [-0.4, -0.2) is 26.7 Å². The van der Waals surface area contributed by atoms with Gasteiger partial charge in [-0.05, 0) is 25.0 Å². The molecule has 1 aromatic carbocycles. The van der Waals surface area contributed by atoms with Gasteiger partial charge < -0.3 is 10.4 Å². The minimum atomic E-state index is -0.576. The molecule has 0 atom stereocenters. The predicted octanol–water partition coefficient (Wildman–Crippen LogP) is 4.21. The number of para-hydroxylation sites is 1. The van der Waals surface area contributed by atoms with Gasteiger partial charge in [-0.1, -0.05) is 54.5 Å². The van der Waals surface area contributed by atoms with Crippen LogP contribution < -0.4 is 5.32 Å². The van der Waals surface area contributed by atoms with Crippen LogP contribution in [-0.2, 0) is 0 Å². The van der Waals surface area contributed by atoms with Crippen molar-refractivity contribution < 1.29 is 9.50 Å². The minimum absolute atomic E-state index is 0.316. The van der Waals surface area contributed by atoms with E-state index < -0.39 is 5.60 Å². The lowest BCUT2D eigenvalue weighted by molar-refractivity contribution is 0.0273. The highest BCUT2D eigenvalue weighted by molar-refractivity contribution is 8.01. The Labute approximate surface area is 137 Å². The number of aromatic nitrogens is 2. The molecule has 0 saturated heterocycles. The third kappa shape index (κ3) is 3.97. The molecule has 0 amide bonds. The summed E-state index contributed by atoms with van der Waals surface area (Å²) in [6, 6.07) is 6.47. The van der Waals surface area contributed by atoms with Crippen LogP contribution in [0.5, 0.6) is 0 Å².